The molecule has 30 heavy (non-hydrogen) atoms. The van der Waals surface area contributed by atoms with Gasteiger partial charge in [-0.15, -0.1) is 0 Å². The van der Waals surface area contributed by atoms with Crippen molar-refractivity contribution < 1.29 is 9.53 Å². The van der Waals surface area contributed by atoms with Crippen molar-refractivity contribution in [2.45, 2.75) is 35.5 Å². The van der Waals surface area contributed by atoms with E-state index in [1.165, 1.54) is 19.3 Å². The van der Waals surface area contributed by atoms with Gasteiger partial charge in [-0.05, 0) is 56.6 Å². The van der Waals surface area contributed by atoms with Crippen molar-refractivity contribution in [3.63, 3.8) is 0 Å². The predicted molar refractivity (Wildman–Crippen MR) is 121 cm³/mol. The van der Waals surface area contributed by atoms with Crippen LogP contribution < -0.4 is 4.90 Å². The second kappa shape index (κ2) is 8.66. The van der Waals surface area contributed by atoms with E-state index in [1.807, 2.05) is 48.5 Å². The summed E-state index contributed by atoms with van der Waals surface area (Å²) in [5.74, 6) is 0.651. The number of carbonyl (C=O) groups excluding carboxylic acids is 1. The van der Waals surface area contributed by atoms with Gasteiger partial charge in [-0.2, -0.15) is 0 Å². The molecule has 0 atom stereocenters. The smallest absolute Gasteiger partial charge is 0.420 e. The number of ether oxygens (including phenoxy) is 1. The number of hydrogen-bond acceptors (Lipinski definition) is 5. The number of benzene rings is 2. The standard InChI is InChI=1S/C24H25N3O2S/c28-24(29-16-8-15-26-13-6-1-7-14-26)27-20-11-4-5-12-21(20)30-22-17-18-9-2-3-10-19(18)25-23(22)27/h2-5,9-12,17H,1,6-8,13-16H2. The minimum atomic E-state index is -0.356. The minimum absolute atomic E-state index is 0.356. The third-order valence-corrected chi connectivity index (χ3v) is 6.77. The summed E-state index contributed by atoms with van der Waals surface area (Å²) in [6, 6.07) is 18.0. The molecule has 1 fully saturated rings. The Balaban J connectivity index is 1.36. The number of pyridine rings is 1. The maximum absolute atomic E-state index is 13.2. The van der Waals surface area contributed by atoms with Crippen LogP contribution in [-0.4, -0.2) is 42.2 Å². The molecule has 0 N–H and O–H groups in total. The van der Waals surface area contributed by atoms with Gasteiger partial charge >= 0.3 is 6.09 Å². The number of anilines is 2. The Bertz CT molecular complexity index is 1070. The van der Waals surface area contributed by atoms with Gasteiger partial charge in [-0.25, -0.2) is 14.7 Å². The van der Waals surface area contributed by atoms with Gasteiger partial charge in [0.25, 0.3) is 0 Å². The molecule has 2 aliphatic rings. The number of fused-ring (bicyclic) bond motifs is 3. The maximum Gasteiger partial charge on any atom is 0.420 e. The van der Waals surface area contributed by atoms with Crippen LogP contribution in [0.15, 0.2) is 64.4 Å². The van der Waals surface area contributed by atoms with E-state index in [1.54, 1.807) is 16.7 Å². The molecule has 0 unspecified atom stereocenters. The van der Waals surface area contributed by atoms with Gasteiger partial charge in [-0.1, -0.05) is 48.5 Å². The summed E-state index contributed by atoms with van der Waals surface area (Å²) in [4.78, 5) is 24.1. The monoisotopic (exact) mass is 419 g/mol. The van der Waals surface area contributed by atoms with E-state index in [2.05, 4.69) is 11.0 Å². The van der Waals surface area contributed by atoms with Crippen molar-refractivity contribution in [3.8, 4) is 0 Å². The van der Waals surface area contributed by atoms with E-state index in [9.17, 15) is 4.79 Å². The number of amides is 1. The summed E-state index contributed by atoms with van der Waals surface area (Å²) >= 11 is 1.65. The highest BCUT2D eigenvalue weighted by Gasteiger charge is 2.31. The van der Waals surface area contributed by atoms with Crippen LogP contribution in [0, 0.1) is 0 Å². The number of hydrogen-bond donors (Lipinski definition) is 0. The van der Waals surface area contributed by atoms with Gasteiger partial charge < -0.3 is 9.64 Å². The first-order valence-electron chi connectivity index (χ1n) is 10.7. The molecule has 3 heterocycles. The van der Waals surface area contributed by atoms with Gasteiger partial charge in [0.2, 0.25) is 0 Å². The number of aromatic nitrogens is 1. The van der Waals surface area contributed by atoms with Crippen LogP contribution in [0.4, 0.5) is 16.3 Å². The molecule has 2 aromatic carbocycles. The van der Waals surface area contributed by atoms with Crippen molar-refractivity contribution in [1.82, 2.24) is 9.88 Å². The van der Waals surface area contributed by atoms with Gasteiger partial charge in [0.1, 0.15) is 0 Å². The second-order valence-corrected chi connectivity index (χ2v) is 8.86. The maximum atomic E-state index is 13.2. The quantitative estimate of drug-likeness (QED) is 0.496. The largest absolute Gasteiger partial charge is 0.449 e. The molecule has 1 aromatic heterocycles. The van der Waals surface area contributed by atoms with Gasteiger partial charge in [0.15, 0.2) is 5.82 Å². The SMILES string of the molecule is O=C(OCCCN1CCCCC1)N1c2ccccc2Sc2cc3ccccc3nc21. The van der Waals surface area contributed by atoms with Crippen LogP contribution in [-0.2, 0) is 4.74 Å². The van der Waals surface area contributed by atoms with Crippen LogP contribution in [0.5, 0.6) is 0 Å². The Morgan fingerprint density at radius 3 is 2.70 bits per heavy atom. The Labute approximate surface area is 181 Å². The summed E-state index contributed by atoms with van der Waals surface area (Å²) in [6.45, 7) is 3.73. The molecule has 1 amide bonds. The number of likely N-dealkylation sites (tertiary alicyclic amines) is 1. The molecule has 0 spiro atoms. The summed E-state index contributed by atoms with van der Waals surface area (Å²) in [5.41, 5.74) is 1.71. The lowest BCUT2D eigenvalue weighted by Gasteiger charge is -2.30. The van der Waals surface area contributed by atoms with E-state index in [4.69, 9.17) is 9.72 Å². The average Bonchev–Trinajstić information content (AvgIpc) is 2.79. The molecule has 5 nitrogen and oxygen atoms in total. The molecule has 6 heteroatoms. The molecule has 0 aliphatic carbocycles. The zero-order chi connectivity index (χ0) is 20.3. The van der Waals surface area contributed by atoms with E-state index in [0.717, 1.165) is 52.4 Å². The van der Waals surface area contributed by atoms with Crippen molar-refractivity contribution in [2.24, 2.45) is 0 Å². The van der Waals surface area contributed by atoms with Crippen molar-refractivity contribution >= 4 is 40.3 Å². The molecule has 1 saturated heterocycles. The first-order valence-corrected chi connectivity index (χ1v) is 11.5. The highest BCUT2D eigenvalue weighted by molar-refractivity contribution is 7.99. The van der Waals surface area contributed by atoms with Gasteiger partial charge in [0.05, 0.1) is 22.7 Å². The average molecular weight is 420 g/mol. The Morgan fingerprint density at radius 2 is 1.80 bits per heavy atom. The normalized spacial score (nSPS) is 16.2. The molecule has 5 rings (SSSR count). The van der Waals surface area contributed by atoms with E-state index in [-0.39, 0.29) is 6.09 Å². The highest BCUT2D eigenvalue weighted by Crippen LogP contribution is 2.48. The fraction of sp³-hybridized carbons (Fsp3) is 0.333. The predicted octanol–water partition coefficient (Wildman–Crippen LogP) is 5.85. The zero-order valence-electron chi connectivity index (χ0n) is 16.9. The van der Waals surface area contributed by atoms with Crippen molar-refractivity contribution in [1.29, 1.82) is 0 Å². The number of piperidine rings is 1. The number of rotatable bonds is 4. The fourth-order valence-corrected chi connectivity index (χ4v) is 5.22. The van der Waals surface area contributed by atoms with Crippen LogP contribution in [0.3, 0.4) is 0 Å². The third kappa shape index (κ3) is 3.89. The zero-order valence-corrected chi connectivity index (χ0v) is 17.7. The van der Waals surface area contributed by atoms with Crippen LogP contribution in [0.2, 0.25) is 0 Å². The fourth-order valence-electron chi connectivity index (χ4n) is 4.16. The highest BCUT2D eigenvalue weighted by atomic mass is 32.2. The molecule has 154 valence electrons. The summed E-state index contributed by atoms with van der Waals surface area (Å²) in [6.07, 6.45) is 4.38. The number of carbonyl (C=O) groups is 1. The molecule has 0 radical (unpaired) electrons. The molecule has 0 bridgehead atoms. The molecule has 3 aromatic rings. The first kappa shape index (κ1) is 19.4. The van der Waals surface area contributed by atoms with E-state index < -0.39 is 0 Å². The molecular formula is C24H25N3O2S. The van der Waals surface area contributed by atoms with Crippen molar-refractivity contribution in [2.75, 3.05) is 31.1 Å². The summed E-state index contributed by atoms with van der Waals surface area (Å²) in [7, 11) is 0. The van der Waals surface area contributed by atoms with Gasteiger partial charge in [-0.3, -0.25) is 0 Å². The van der Waals surface area contributed by atoms with Crippen LogP contribution in [0.25, 0.3) is 10.9 Å². The Hall–Kier alpha value is -2.57. The lowest BCUT2D eigenvalue weighted by Crippen LogP contribution is -2.33. The summed E-state index contributed by atoms with van der Waals surface area (Å²) in [5, 5.41) is 1.07. The molecular weight excluding hydrogens is 394 g/mol. The minimum Gasteiger partial charge on any atom is -0.449 e. The van der Waals surface area contributed by atoms with E-state index in [0.29, 0.717) is 12.4 Å². The molecule has 0 saturated carbocycles. The Kier molecular flexibility index (Phi) is 5.60. The van der Waals surface area contributed by atoms with E-state index >= 15 is 0 Å². The number of nitrogens with zero attached hydrogens (tertiary/aromatic N) is 3. The van der Waals surface area contributed by atoms with Crippen LogP contribution in [0.1, 0.15) is 25.7 Å². The topological polar surface area (TPSA) is 45.7 Å². The van der Waals surface area contributed by atoms with Crippen LogP contribution >= 0.6 is 11.8 Å². The van der Waals surface area contributed by atoms with Gasteiger partial charge in [0, 0.05) is 16.8 Å². The van der Waals surface area contributed by atoms with Crippen molar-refractivity contribution in [3.05, 3.63) is 54.6 Å². The molecule has 2 aliphatic heterocycles. The second-order valence-electron chi connectivity index (χ2n) is 7.78. The summed E-state index contributed by atoms with van der Waals surface area (Å²) < 4.78 is 5.71. The Morgan fingerprint density at radius 1 is 1.00 bits per heavy atom. The lowest BCUT2D eigenvalue weighted by molar-refractivity contribution is 0.143. The third-order valence-electron chi connectivity index (χ3n) is 5.68. The first-order chi connectivity index (χ1) is 14.8. The number of para-hydroxylation sites is 2. The lowest BCUT2D eigenvalue weighted by atomic mass is 10.1.